The largest absolute Gasteiger partial charge is 0.456 e. The average molecular weight is 702 g/mol. The lowest BCUT2D eigenvalue weighted by Gasteiger charge is -2.16. The minimum absolute atomic E-state index is 0.699. The number of benzene rings is 8. The maximum absolute atomic E-state index is 6.61. The van der Waals surface area contributed by atoms with Crippen molar-refractivity contribution in [3.8, 4) is 56.2 Å². The van der Waals surface area contributed by atoms with Gasteiger partial charge in [0.15, 0.2) is 5.82 Å². The van der Waals surface area contributed by atoms with E-state index in [2.05, 4.69) is 158 Å². The third-order valence-corrected chi connectivity index (χ3v) is 10.7. The van der Waals surface area contributed by atoms with E-state index in [-0.39, 0.29) is 0 Å². The Bertz CT molecular complexity index is 3220. The molecule has 11 rings (SSSR count). The van der Waals surface area contributed by atoms with Gasteiger partial charge in [0.05, 0.1) is 22.4 Å². The van der Waals surface area contributed by atoms with Crippen molar-refractivity contribution in [3.05, 3.63) is 188 Å². The SMILES string of the molecule is c1ccc(-c2ccc(-c3nc(-c4ccc(-c5c6c(cc7c(-c8ccccc8)nc8ccccc8c57)oc5ccccc56)cc4)c4ccccc4n3)cc2)cc1. The van der Waals surface area contributed by atoms with Crippen LogP contribution < -0.4 is 0 Å². The molecule has 55 heavy (non-hydrogen) atoms. The van der Waals surface area contributed by atoms with Crippen LogP contribution in [-0.4, -0.2) is 15.0 Å². The Hall–Kier alpha value is -7.43. The zero-order chi connectivity index (χ0) is 36.3. The highest BCUT2D eigenvalue weighted by Gasteiger charge is 2.22. The minimum Gasteiger partial charge on any atom is -0.456 e. The summed E-state index contributed by atoms with van der Waals surface area (Å²) >= 11 is 0. The van der Waals surface area contributed by atoms with Gasteiger partial charge in [-0.25, -0.2) is 15.0 Å². The van der Waals surface area contributed by atoms with Crippen molar-refractivity contribution in [2.24, 2.45) is 0 Å². The molecule has 256 valence electrons. The van der Waals surface area contributed by atoms with E-state index >= 15 is 0 Å². The lowest BCUT2D eigenvalue weighted by atomic mass is 9.89. The molecule has 3 heterocycles. The molecule has 0 atom stereocenters. The smallest absolute Gasteiger partial charge is 0.160 e. The van der Waals surface area contributed by atoms with Crippen molar-refractivity contribution < 1.29 is 4.42 Å². The molecule has 3 aromatic heterocycles. The van der Waals surface area contributed by atoms with Gasteiger partial charge in [0.2, 0.25) is 0 Å². The lowest BCUT2D eigenvalue weighted by Crippen LogP contribution is -1.95. The van der Waals surface area contributed by atoms with Crippen molar-refractivity contribution in [1.29, 1.82) is 0 Å². The van der Waals surface area contributed by atoms with Crippen LogP contribution in [0.4, 0.5) is 0 Å². The fourth-order valence-electron chi connectivity index (χ4n) is 8.08. The van der Waals surface area contributed by atoms with Gasteiger partial charge in [0.25, 0.3) is 0 Å². The summed E-state index contributed by atoms with van der Waals surface area (Å²) < 4.78 is 6.61. The number of aromatic nitrogens is 3. The topological polar surface area (TPSA) is 51.8 Å². The van der Waals surface area contributed by atoms with Crippen LogP contribution in [0.1, 0.15) is 0 Å². The van der Waals surface area contributed by atoms with Gasteiger partial charge in [-0.3, -0.25) is 0 Å². The number of hydrogen-bond donors (Lipinski definition) is 0. The Morgan fingerprint density at radius 3 is 1.56 bits per heavy atom. The number of hydrogen-bond acceptors (Lipinski definition) is 4. The van der Waals surface area contributed by atoms with Crippen LogP contribution in [0.5, 0.6) is 0 Å². The highest BCUT2D eigenvalue weighted by Crippen LogP contribution is 2.46. The number of para-hydroxylation sites is 3. The molecule has 0 fully saturated rings. The summed E-state index contributed by atoms with van der Waals surface area (Å²) in [4.78, 5) is 15.5. The Kier molecular flexibility index (Phi) is 7.14. The molecule has 0 amide bonds. The number of furan rings is 1. The maximum Gasteiger partial charge on any atom is 0.160 e. The van der Waals surface area contributed by atoms with Crippen LogP contribution in [0, 0.1) is 0 Å². The Morgan fingerprint density at radius 1 is 0.309 bits per heavy atom. The molecule has 8 aromatic carbocycles. The summed E-state index contributed by atoms with van der Waals surface area (Å²) in [5.74, 6) is 0.699. The third kappa shape index (κ3) is 5.19. The monoisotopic (exact) mass is 701 g/mol. The van der Waals surface area contributed by atoms with E-state index in [4.69, 9.17) is 19.4 Å². The van der Waals surface area contributed by atoms with Crippen LogP contribution in [0.15, 0.2) is 192 Å². The fraction of sp³-hybridized carbons (Fsp3) is 0. The predicted molar refractivity (Wildman–Crippen MR) is 227 cm³/mol. The van der Waals surface area contributed by atoms with Crippen LogP contribution in [0.2, 0.25) is 0 Å². The van der Waals surface area contributed by atoms with Gasteiger partial charge in [-0.05, 0) is 41.0 Å². The van der Waals surface area contributed by atoms with Crippen LogP contribution in [0.3, 0.4) is 0 Å². The van der Waals surface area contributed by atoms with Crippen molar-refractivity contribution in [2.75, 3.05) is 0 Å². The van der Waals surface area contributed by atoms with Crippen molar-refractivity contribution in [2.45, 2.75) is 0 Å². The second-order valence-corrected chi connectivity index (χ2v) is 13.9. The van der Waals surface area contributed by atoms with E-state index in [1.165, 1.54) is 5.56 Å². The first kappa shape index (κ1) is 31.1. The number of pyridine rings is 1. The molecule has 11 aromatic rings. The van der Waals surface area contributed by atoms with E-state index in [9.17, 15) is 0 Å². The molecule has 0 radical (unpaired) electrons. The molecule has 0 spiro atoms. The summed E-state index contributed by atoms with van der Waals surface area (Å²) in [5, 5.41) is 6.52. The molecule has 0 aliphatic heterocycles. The van der Waals surface area contributed by atoms with Gasteiger partial charge >= 0.3 is 0 Å². The number of fused-ring (bicyclic) bond motifs is 7. The average Bonchev–Trinajstić information content (AvgIpc) is 3.64. The normalized spacial score (nSPS) is 11.6. The summed E-state index contributed by atoms with van der Waals surface area (Å²) in [6, 6.07) is 65.5. The third-order valence-electron chi connectivity index (χ3n) is 10.7. The summed E-state index contributed by atoms with van der Waals surface area (Å²) in [6.45, 7) is 0. The quantitative estimate of drug-likeness (QED) is 0.168. The molecule has 0 bridgehead atoms. The van der Waals surface area contributed by atoms with Gasteiger partial charge in [0, 0.05) is 54.6 Å². The highest BCUT2D eigenvalue weighted by atomic mass is 16.3. The first-order valence-corrected chi connectivity index (χ1v) is 18.5. The molecular weight excluding hydrogens is 671 g/mol. The zero-order valence-corrected chi connectivity index (χ0v) is 29.6. The second-order valence-electron chi connectivity index (χ2n) is 13.9. The van der Waals surface area contributed by atoms with Crippen molar-refractivity contribution in [3.63, 3.8) is 0 Å². The standard InChI is InChI=1S/C51H31N3O/c1-3-13-32(14-4-1)33-23-29-37(30-24-33)51-53-43-21-11-8-18-39(43)49(54-51)36-27-25-34(26-28-36)46-47-38-17-7-10-20-42(38)52-50(35-15-5-2-6-16-35)41(47)31-45-48(46)40-19-9-12-22-44(40)55-45/h1-31H. The predicted octanol–water partition coefficient (Wildman–Crippen LogP) is 13.6. The first-order chi connectivity index (χ1) is 27.3. The summed E-state index contributed by atoms with van der Waals surface area (Å²) in [5.41, 5.74) is 13.0. The van der Waals surface area contributed by atoms with Crippen LogP contribution >= 0.6 is 0 Å². The molecule has 0 aliphatic rings. The van der Waals surface area contributed by atoms with Gasteiger partial charge in [-0.1, -0.05) is 164 Å². The first-order valence-electron chi connectivity index (χ1n) is 18.5. The van der Waals surface area contributed by atoms with Gasteiger partial charge in [0.1, 0.15) is 11.2 Å². The van der Waals surface area contributed by atoms with Crippen molar-refractivity contribution >= 4 is 54.5 Å². The van der Waals surface area contributed by atoms with Gasteiger partial charge in [-0.15, -0.1) is 0 Å². The van der Waals surface area contributed by atoms with Crippen LogP contribution in [0.25, 0.3) is 111 Å². The molecule has 0 saturated carbocycles. The van der Waals surface area contributed by atoms with E-state index in [0.29, 0.717) is 5.82 Å². The van der Waals surface area contributed by atoms with E-state index in [1.54, 1.807) is 0 Å². The summed E-state index contributed by atoms with van der Waals surface area (Å²) in [6.07, 6.45) is 0. The number of nitrogens with zero attached hydrogens (tertiary/aromatic N) is 3. The Morgan fingerprint density at radius 2 is 0.818 bits per heavy atom. The van der Waals surface area contributed by atoms with E-state index in [1.807, 2.05) is 30.3 Å². The zero-order valence-electron chi connectivity index (χ0n) is 29.6. The lowest BCUT2D eigenvalue weighted by molar-refractivity contribution is 0.669. The van der Waals surface area contributed by atoms with Crippen molar-refractivity contribution in [1.82, 2.24) is 15.0 Å². The van der Waals surface area contributed by atoms with E-state index < -0.39 is 0 Å². The molecule has 0 N–H and O–H groups in total. The maximum atomic E-state index is 6.61. The molecule has 4 nitrogen and oxygen atoms in total. The Labute approximate surface area is 317 Å². The van der Waals surface area contributed by atoms with Crippen LogP contribution in [-0.2, 0) is 0 Å². The molecule has 0 aliphatic carbocycles. The second kappa shape index (κ2) is 12.6. The summed E-state index contributed by atoms with van der Waals surface area (Å²) in [7, 11) is 0. The molecular formula is C51H31N3O. The highest BCUT2D eigenvalue weighted by molar-refractivity contribution is 6.27. The molecule has 0 unspecified atom stereocenters. The van der Waals surface area contributed by atoms with E-state index in [0.717, 1.165) is 99.3 Å². The Balaban J connectivity index is 1.12. The molecule has 0 saturated heterocycles. The van der Waals surface area contributed by atoms with Gasteiger partial charge in [-0.2, -0.15) is 0 Å². The fourth-order valence-corrected chi connectivity index (χ4v) is 8.08. The van der Waals surface area contributed by atoms with Gasteiger partial charge < -0.3 is 4.42 Å². The minimum atomic E-state index is 0.699. The number of rotatable bonds is 5. The molecule has 4 heteroatoms.